The van der Waals surface area contributed by atoms with E-state index < -0.39 is 0 Å². The van der Waals surface area contributed by atoms with Gasteiger partial charge in [-0.3, -0.25) is 0 Å². The van der Waals surface area contributed by atoms with E-state index in [2.05, 4.69) is 41.4 Å². The molecule has 1 aromatic rings. The van der Waals surface area contributed by atoms with E-state index in [1.54, 1.807) is 0 Å². The summed E-state index contributed by atoms with van der Waals surface area (Å²) >= 11 is 0. The van der Waals surface area contributed by atoms with Crippen molar-refractivity contribution in [2.45, 2.75) is 26.3 Å². The van der Waals surface area contributed by atoms with Gasteiger partial charge in [-0.05, 0) is 51.1 Å². The van der Waals surface area contributed by atoms with Crippen LogP contribution in [0.4, 0.5) is 5.69 Å². The Morgan fingerprint density at radius 2 is 2.12 bits per heavy atom. The summed E-state index contributed by atoms with van der Waals surface area (Å²) in [5.74, 6) is 0.956. The third-order valence-corrected chi connectivity index (χ3v) is 3.10. The summed E-state index contributed by atoms with van der Waals surface area (Å²) in [5.41, 5.74) is 1.30. The first-order valence-corrected chi connectivity index (χ1v) is 6.51. The summed E-state index contributed by atoms with van der Waals surface area (Å²) in [6.07, 6.45) is 1.21. The molecule has 0 spiro atoms. The van der Waals surface area contributed by atoms with Crippen LogP contribution in [0.2, 0.25) is 0 Å². The van der Waals surface area contributed by atoms with Crippen LogP contribution < -0.4 is 15.0 Å². The molecule has 0 saturated carbocycles. The van der Waals surface area contributed by atoms with Gasteiger partial charge in [-0.1, -0.05) is 0 Å². The Hall–Kier alpha value is -1.22. The Morgan fingerprint density at radius 1 is 1.35 bits per heavy atom. The third kappa shape index (κ3) is 3.37. The van der Waals surface area contributed by atoms with Gasteiger partial charge in [0.1, 0.15) is 5.75 Å². The number of nitrogens with one attached hydrogen (secondary N) is 1. The van der Waals surface area contributed by atoms with Crippen LogP contribution in [-0.4, -0.2) is 32.3 Å². The first-order chi connectivity index (χ1) is 8.29. The lowest BCUT2D eigenvalue weighted by molar-refractivity contribution is 0.340. The summed E-state index contributed by atoms with van der Waals surface area (Å²) in [4.78, 5) is 2.44. The first-order valence-electron chi connectivity index (χ1n) is 6.51. The Labute approximate surface area is 104 Å². The highest BCUT2D eigenvalue weighted by Gasteiger charge is 2.14. The molecule has 3 heteroatoms. The molecule has 1 unspecified atom stereocenters. The fourth-order valence-corrected chi connectivity index (χ4v) is 2.26. The molecule has 1 heterocycles. The van der Waals surface area contributed by atoms with Crippen LogP contribution in [-0.2, 0) is 0 Å². The van der Waals surface area contributed by atoms with E-state index in [4.69, 9.17) is 4.74 Å². The van der Waals surface area contributed by atoms with Crippen LogP contribution in [0.3, 0.4) is 0 Å². The zero-order chi connectivity index (χ0) is 12.1. The molecule has 0 aromatic heterocycles. The normalized spacial score (nSPS) is 21.1. The number of hydrogen-bond acceptors (Lipinski definition) is 3. The van der Waals surface area contributed by atoms with Crippen molar-refractivity contribution in [3.8, 4) is 5.75 Å². The minimum absolute atomic E-state index is 0.559. The summed E-state index contributed by atoms with van der Waals surface area (Å²) < 4.78 is 5.46. The number of rotatable bonds is 3. The molecule has 0 radical (unpaired) electrons. The van der Waals surface area contributed by atoms with Gasteiger partial charge in [0.05, 0.1) is 6.61 Å². The standard InChI is InChI=1S/C14H22N2O/c1-3-17-14-7-5-13(6-8-14)16-10-4-9-15-12(2)11-16/h5-8,12,15H,3-4,9-11H2,1-2H3. The lowest BCUT2D eigenvalue weighted by Crippen LogP contribution is -2.35. The van der Waals surface area contributed by atoms with Crippen molar-refractivity contribution in [2.24, 2.45) is 0 Å². The van der Waals surface area contributed by atoms with Gasteiger partial charge in [-0.25, -0.2) is 0 Å². The summed E-state index contributed by atoms with van der Waals surface area (Å²) in [5, 5.41) is 3.51. The van der Waals surface area contributed by atoms with Crippen LogP contribution >= 0.6 is 0 Å². The molecule has 0 amide bonds. The maximum absolute atomic E-state index is 5.46. The van der Waals surface area contributed by atoms with Crippen molar-refractivity contribution in [3.63, 3.8) is 0 Å². The average molecular weight is 234 g/mol. The number of hydrogen-bond donors (Lipinski definition) is 1. The molecular weight excluding hydrogens is 212 g/mol. The third-order valence-electron chi connectivity index (χ3n) is 3.10. The van der Waals surface area contributed by atoms with E-state index in [1.807, 2.05) is 6.92 Å². The van der Waals surface area contributed by atoms with Crippen molar-refractivity contribution in [1.82, 2.24) is 5.32 Å². The molecule has 94 valence electrons. The minimum Gasteiger partial charge on any atom is -0.494 e. The highest BCUT2D eigenvalue weighted by atomic mass is 16.5. The lowest BCUT2D eigenvalue weighted by Gasteiger charge is -2.25. The minimum atomic E-state index is 0.559. The number of benzene rings is 1. The van der Waals surface area contributed by atoms with E-state index >= 15 is 0 Å². The molecule has 0 aliphatic carbocycles. The van der Waals surface area contributed by atoms with Crippen molar-refractivity contribution < 1.29 is 4.74 Å². The second kappa shape index (κ2) is 5.92. The monoisotopic (exact) mass is 234 g/mol. The van der Waals surface area contributed by atoms with Gasteiger partial charge in [0.15, 0.2) is 0 Å². The second-order valence-corrected chi connectivity index (χ2v) is 4.58. The Morgan fingerprint density at radius 3 is 2.82 bits per heavy atom. The molecule has 17 heavy (non-hydrogen) atoms. The lowest BCUT2D eigenvalue weighted by atomic mass is 10.2. The van der Waals surface area contributed by atoms with Crippen molar-refractivity contribution in [1.29, 1.82) is 0 Å². The van der Waals surface area contributed by atoms with Crippen LogP contribution in [0.1, 0.15) is 20.3 Å². The van der Waals surface area contributed by atoms with Crippen molar-refractivity contribution in [2.75, 3.05) is 31.1 Å². The summed E-state index contributed by atoms with van der Waals surface area (Å²) in [6, 6.07) is 8.99. The summed E-state index contributed by atoms with van der Waals surface area (Å²) in [7, 11) is 0. The molecule has 1 aliphatic rings. The smallest absolute Gasteiger partial charge is 0.119 e. The fraction of sp³-hybridized carbons (Fsp3) is 0.571. The predicted molar refractivity (Wildman–Crippen MR) is 71.9 cm³/mol. The molecule has 1 fully saturated rings. The van der Waals surface area contributed by atoms with E-state index in [1.165, 1.54) is 12.1 Å². The Balaban J connectivity index is 2.04. The van der Waals surface area contributed by atoms with Crippen molar-refractivity contribution in [3.05, 3.63) is 24.3 Å². The van der Waals surface area contributed by atoms with Gasteiger partial charge in [0.2, 0.25) is 0 Å². The van der Waals surface area contributed by atoms with Crippen LogP contribution in [0.25, 0.3) is 0 Å². The van der Waals surface area contributed by atoms with Crippen LogP contribution in [0.5, 0.6) is 5.75 Å². The summed E-state index contributed by atoms with van der Waals surface area (Å²) in [6.45, 7) is 8.31. The van der Waals surface area contributed by atoms with Gasteiger partial charge in [-0.15, -0.1) is 0 Å². The average Bonchev–Trinajstić information content (AvgIpc) is 2.55. The molecule has 2 rings (SSSR count). The van der Waals surface area contributed by atoms with E-state index in [0.29, 0.717) is 6.04 Å². The van der Waals surface area contributed by atoms with E-state index in [-0.39, 0.29) is 0 Å². The predicted octanol–water partition coefficient (Wildman–Crippen LogP) is 2.27. The van der Waals surface area contributed by atoms with Gasteiger partial charge in [0, 0.05) is 24.8 Å². The van der Waals surface area contributed by atoms with E-state index in [9.17, 15) is 0 Å². The SMILES string of the molecule is CCOc1ccc(N2CCCNC(C)C2)cc1. The van der Waals surface area contributed by atoms with Crippen molar-refractivity contribution >= 4 is 5.69 Å². The Kier molecular flexibility index (Phi) is 4.26. The molecule has 1 aliphatic heterocycles. The largest absolute Gasteiger partial charge is 0.494 e. The molecule has 1 saturated heterocycles. The van der Waals surface area contributed by atoms with Gasteiger partial charge in [0.25, 0.3) is 0 Å². The van der Waals surface area contributed by atoms with Gasteiger partial charge >= 0.3 is 0 Å². The first kappa shape index (κ1) is 12.2. The maximum atomic E-state index is 5.46. The fourth-order valence-electron chi connectivity index (χ4n) is 2.26. The zero-order valence-corrected chi connectivity index (χ0v) is 10.8. The zero-order valence-electron chi connectivity index (χ0n) is 10.8. The van der Waals surface area contributed by atoms with E-state index in [0.717, 1.165) is 32.0 Å². The second-order valence-electron chi connectivity index (χ2n) is 4.58. The Bertz CT molecular complexity index is 337. The topological polar surface area (TPSA) is 24.5 Å². The molecular formula is C14H22N2O. The highest BCUT2D eigenvalue weighted by molar-refractivity contribution is 5.49. The molecule has 1 N–H and O–H groups in total. The number of anilines is 1. The molecule has 3 nitrogen and oxygen atoms in total. The molecule has 1 atom stereocenters. The van der Waals surface area contributed by atoms with Gasteiger partial charge < -0.3 is 15.0 Å². The number of ether oxygens (including phenoxy) is 1. The molecule has 0 bridgehead atoms. The van der Waals surface area contributed by atoms with Gasteiger partial charge in [-0.2, -0.15) is 0 Å². The van der Waals surface area contributed by atoms with Crippen LogP contribution in [0, 0.1) is 0 Å². The highest BCUT2D eigenvalue weighted by Crippen LogP contribution is 2.20. The number of nitrogens with zero attached hydrogens (tertiary/aromatic N) is 1. The molecule has 1 aromatic carbocycles. The quantitative estimate of drug-likeness (QED) is 0.868. The van der Waals surface area contributed by atoms with Crippen LogP contribution in [0.15, 0.2) is 24.3 Å². The maximum Gasteiger partial charge on any atom is 0.119 e.